The molecule has 3 heterocycles. The lowest BCUT2D eigenvalue weighted by molar-refractivity contribution is -0.148. The highest BCUT2D eigenvalue weighted by Gasteiger charge is 2.38. The highest BCUT2D eigenvalue weighted by molar-refractivity contribution is 6.32. The number of aliphatic hydroxyl groups excluding tert-OH is 1. The summed E-state index contributed by atoms with van der Waals surface area (Å²) in [6.45, 7) is 5.65. The topological polar surface area (TPSA) is 146 Å². The van der Waals surface area contributed by atoms with Crippen LogP contribution in [0.1, 0.15) is 48.3 Å². The van der Waals surface area contributed by atoms with Crippen molar-refractivity contribution in [3.63, 3.8) is 0 Å². The highest BCUT2D eigenvalue weighted by Crippen LogP contribution is 2.36. The van der Waals surface area contributed by atoms with Gasteiger partial charge in [0.15, 0.2) is 22.5 Å². The molecule has 12 nitrogen and oxygen atoms in total. The molecule has 14 heteroatoms. The van der Waals surface area contributed by atoms with Gasteiger partial charge in [-0.3, -0.25) is 14.6 Å². The van der Waals surface area contributed by atoms with Crippen LogP contribution in [0.15, 0.2) is 18.2 Å². The van der Waals surface area contributed by atoms with Crippen LogP contribution in [-0.2, 0) is 9.53 Å². The number of anilines is 2. The molecule has 1 unspecified atom stereocenters. The number of nitrogens with one attached hydrogen (secondary N) is 1. The van der Waals surface area contributed by atoms with Crippen LogP contribution < -0.4 is 20.7 Å². The third-order valence-electron chi connectivity index (χ3n) is 8.02. The number of hydrogen-bond acceptors (Lipinski definition) is 11. The molecule has 0 radical (unpaired) electrons. The Kier molecular flexibility index (Phi) is 11.1. The molecule has 1 aromatic heterocycles. The Balaban J connectivity index is 1.43. The molecule has 4 N–H and O–H groups in total. The molecular formula is C28H39Cl2N7O5. The zero-order valence-corrected chi connectivity index (χ0v) is 25.7. The number of esters is 1. The first-order chi connectivity index (χ1) is 20.2. The van der Waals surface area contributed by atoms with E-state index in [0.717, 1.165) is 44.5 Å². The van der Waals surface area contributed by atoms with Crippen LogP contribution in [0.4, 0.5) is 11.6 Å². The van der Waals surface area contributed by atoms with Gasteiger partial charge in [-0.2, -0.15) is 0 Å². The van der Waals surface area contributed by atoms with Crippen LogP contribution in [0.2, 0.25) is 10.2 Å². The zero-order valence-electron chi connectivity index (χ0n) is 24.2. The van der Waals surface area contributed by atoms with E-state index in [1.807, 2.05) is 6.07 Å². The number of carbonyl (C=O) groups excluding carboxylic acids is 2. The molecule has 2 aliphatic rings. The number of amides is 1. The van der Waals surface area contributed by atoms with Crippen LogP contribution in [-0.4, -0.2) is 109 Å². The second-order valence-electron chi connectivity index (χ2n) is 10.4. The molecule has 4 rings (SSSR count). The van der Waals surface area contributed by atoms with E-state index in [1.54, 1.807) is 19.2 Å². The lowest BCUT2D eigenvalue weighted by Gasteiger charge is -2.48. The minimum atomic E-state index is -0.582. The summed E-state index contributed by atoms with van der Waals surface area (Å²) in [7, 11) is 2.97. The smallest absolute Gasteiger partial charge is 0.327 e. The maximum absolute atomic E-state index is 12.9. The number of carbonyl (C=O) groups is 2. The summed E-state index contributed by atoms with van der Waals surface area (Å²) < 4.78 is 10.7. The van der Waals surface area contributed by atoms with Crippen molar-refractivity contribution in [2.75, 3.05) is 70.7 Å². The molecule has 2 saturated heterocycles. The number of nitrogen functional groups attached to an aromatic ring is 1. The first-order valence-corrected chi connectivity index (χ1v) is 14.9. The third kappa shape index (κ3) is 7.00. The van der Waals surface area contributed by atoms with Crippen molar-refractivity contribution in [3.05, 3.63) is 39.6 Å². The van der Waals surface area contributed by atoms with Gasteiger partial charge in [-0.05, 0) is 31.4 Å². The van der Waals surface area contributed by atoms with Crippen molar-refractivity contribution in [2.45, 2.75) is 44.3 Å². The maximum atomic E-state index is 12.9. The number of piperidine rings is 1. The van der Waals surface area contributed by atoms with Gasteiger partial charge in [0, 0.05) is 61.9 Å². The average molecular weight is 625 g/mol. The average Bonchev–Trinajstić information content (AvgIpc) is 3.01. The number of aliphatic hydroxyl groups is 1. The number of methoxy groups -OCH3 is 2. The molecule has 0 bridgehead atoms. The minimum absolute atomic E-state index is 0.00910. The van der Waals surface area contributed by atoms with E-state index >= 15 is 0 Å². The molecule has 0 saturated carbocycles. The van der Waals surface area contributed by atoms with Gasteiger partial charge in [0.25, 0.3) is 5.91 Å². The molecule has 230 valence electrons. The molecule has 0 aliphatic carbocycles. The molecule has 1 amide bonds. The Bertz CT molecular complexity index is 1260. The number of hydrogen-bond donors (Lipinski definition) is 3. The monoisotopic (exact) mass is 623 g/mol. The first-order valence-electron chi connectivity index (χ1n) is 14.1. The molecule has 2 atom stereocenters. The number of nitrogens with two attached hydrogens (primary N) is 1. The van der Waals surface area contributed by atoms with Crippen molar-refractivity contribution in [3.8, 4) is 5.75 Å². The summed E-state index contributed by atoms with van der Waals surface area (Å²) in [4.78, 5) is 40.7. The van der Waals surface area contributed by atoms with Gasteiger partial charge in [-0.25, -0.2) is 14.8 Å². The highest BCUT2D eigenvalue weighted by atomic mass is 35.5. The van der Waals surface area contributed by atoms with Crippen molar-refractivity contribution < 1.29 is 24.2 Å². The zero-order chi connectivity index (χ0) is 30.4. The fourth-order valence-corrected chi connectivity index (χ4v) is 6.33. The standard InChI is InChI=1S/C28H39Cl2N7O5/c1-4-18-16-36(26-24(30)33-22(25(31)34-26)27(39)32-9-14-38)12-13-37(18)19-7-10-35(11-8-19)23(28(40)42-3)20-6-5-17(29)15-21(20)41-2/h5-6,15,18-19,23,38H,4,7-14,16H2,1-3H3,(H2,31,34)(H,32,39)/t18-,23?/m0/s1. The third-order valence-corrected chi connectivity index (χ3v) is 8.51. The number of rotatable bonds is 10. The molecule has 2 aromatic rings. The Morgan fingerprint density at radius 3 is 2.55 bits per heavy atom. The fraction of sp³-hybridized carbons (Fsp3) is 0.571. The number of benzene rings is 1. The van der Waals surface area contributed by atoms with Crippen LogP contribution in [0.3, 0.4) is 0 Å². The number of ether oxygens (including phenoxy) is 2. The summed E-state index contributed by atoms with van der Waals surface area (Å²) in [5.74, 6) is 0.143. The number of piperazine rings is 1. The normalized spacial score (nSPS) is 19.4. The second kappa shape index (κ2) is 14.5. The van der Waals surface area contributed by atoms with Crippen molar-refractivity contribution in [1.29, 1.82) is 0 Å². The van der Waals surface area contributed by atoms with Crippen molar-refractivity contribution in [2.24, 2.45) is 0 Å². The number of aromatic nitrogens is 2. The molecule has 0 spiro atoms. The van der Waals surface area contributed by atoms with Crippen molar-refractivity contribution >= 4 is 46.7 Å². The second-order valence-corrected chi connectivity index (χ2v) is 11.2. The molecule has 2 fully saturated rings. The summed E-state index contributed by atoms with van der Waals surface area (Å²) in [5, 5.41) is 12.1. The lowest BCUT2D eigenvalue weighted by Crippen LogP contribution is -2.59. The molecular weight excluding hydrogens is 585 g/mol. The Hall–Kier alpha value is -2.90. The predicted molar refractivity (Wildman–Crippen MR) is 161 cm³/mol. The van der Waals surface area contributed by atoms with Crippen LogP contribution in [0, 0.1) is 0 Å². The van der Waals surface area contributed by atoms with E-state index in [9.17, 15) is 9.59 Å². The van der Waals surface area contributed by atoms with Gasteiger partial charge in [0.05, 0.1) is 20.8 Å². The number of halogens is 2. The van der Waals surface area contributed by atoms with Crippen LogP contribution >= 0.6 is 23.2 Å². The van der Waals surface area contributed by atoms with Crippen molar-refractivity contribution in [1.82, 2.24) is 25.1 Å². The SMILES string of the molecule is CC[C@H]1CN(c2nc(N)c(C(=O)NCCO)nc2Cl)CCN1C1CCN(C(C(=O)OC)c2ccc(Cl)cc2OC)CC1. The van der Waals surface area contributed by atoms with Gasteiger partial charge in [-0.1, -0.05) is 36.2 Å². The number of likely N-dealkylation sites (tertiary alicyclic amines) is 1. The maximum Gasteiger partial charge on any atom is 0.327 e. The molecule has 42 heavy (non-hydrogen) atoms. The van der Waals surface area contributed by atoms with E-state index in [2.05, 4.69) is 36.9 Å². The molecule has 1 aromatic carbocycles. The van der Waals surface area contributed by atoms with Crippen LogP contribution in [0.5, 0.6) is 5.75 Å². The number of nitrogens with zero attached hydrogens (tertiary/aromatic N) is 5. The fourth-order valence-electron chi connectivity index (χ4n) is 5.92. The van der Waals surface area contributed by atoms with E-state index in [0.29, 0.717) is 35.7 Å². The van der Waals surface area contributed by atoms with E-state index in [4.69, 9.17) is 43.5 Å². The Labute approximate surface area is 256 Å². The lowest BCUT2D eigenvalue weighted by atomic mass is 9.95. The van der Waals surface area contributed by atoms with E-state index in [-0.39, 0.29) is 41.8 Å². The van der Waals surface area contributed by atoms with Gasteiger partial charge in [0.1, 0.15) is 11.8 Å². The van der Waals surface area contributed by atoms with Crippen LogP contribution in [0.25, 0.3) is 0 Å². The Morgan fingerprint density at radius 1 is 1.17 bits per heavy atom. The largest absolute Gasteiger partial charge is 0.496 e. The van der Waals surface area contributed by atoms with E-state index in [1.165, 1.54) is 7.11 Å². The quantitative estimate of drug-likeness (QED) is 0.335. The first kappa shape index (κ1) is 32.0. The van der Waals surface area contributed by atoms with Gasteiger partial charge >= 0.3 is 5.97 Å². The Morgan fingerprint density at radius 2 is 1.90 bits per heavy atom. The van der Waals surface area contributed by atoms with E-state index < -0.39 is 11.9 Å². The summed E-state index contributed by atoms with van der Waals surface area (Å²) in [6, 6.07) is 5.32. The summed E-state index contributed by atoms with van der Waals surface area (Å²) in [5.41, 5.74) is 6.75. The summed E-state index contributed by atoms with van der Waals surface area (Å²) in [6.07, 6.45) is 2.71. The minimum Gasteiger partial charge on any atom is -0.496 e. The van der Waals surface area contributed by atoms with Gasteiger partial charge < -0.3 is 30.5 Å². The predicted octanol–water partition coefficient (Wildman–Crippen LogP) is 2.38. The van der Waals surface area contributed by atoms with Gasteiger partial charge in [0.2, 0.25) is 0 Å². The van der Waals surface area contributed by atoms with Gasteiger partial charge in [-0.15, -0.1) is 0 Å². The summed E-state index contributed by atoms with van der Waals surface area (Å²) >= 11 is 12.6. The molecule has 2 aliphatic heterocycles.